The molecule has 0 N–H and O–H groups in total. The number of anilines is 3. The topological polar surface area (TPSA) is 8.17 Å². The molecule has 1 heterocycles. The summed E-state index contributed by atoms with van der Waals surface area (Å²) in [7, 11) is 0. The minimum absolute atomic E-state index is 0.171. The Balaban J connectivity index is 0.859. The molecule has 1 aromatic heterocycles. The van der Waals surface area contributed by atoms with Crippen molar-refractivity contribution >= 4 is 38.9 Å². The van der Waals surface area contributed by atoms with Gasteiger partial charge in [-0.15, -0.1) is 0 Å². The van der Waals surface area contributed by atoms with Gasteiger partial charge in [0.05, 0.1) is 11.0 Å². The number of rotatable bonds is 8. The second kappa shape index (κ2) is 15.6. The van der Waals surface area contributed by atoms with Crippen LogP contribution in [0, 0.1) is 0 Å². The third-order valence-corrected chi connectivity index (χ3v) is 13.6. The Hall–Kier alpha value is -8.20. The van der Waals surface area contributed by atoms with Crippen molar-refractivity contribution < 1.29 is 0 Å². The van der Waals surface area contributed by atoms with E-state index in [2.05, 4.69) is 266 Å². The molecule has 0 atom stereocenters. The lowest BCUT2D eigenvalue weighted by Crippen LogP contribution is -2.15. The van der Waals surface area contributed by atoms with E-state index in [0.29, 0.717) is 0 Å². The lowest BCUT2D eigenvalue weighted by Gasteiger charge is -2.26. The molecular weight excluding hydrogens is 785 g/mol. The molecule has 0 radical (unpaired) electrons. The van der Waals surface area contributed by atoms with Crippen molar-refractivity contribution in [3.05, 3.63) is 254 Å². The number of hydrogen-bond acceptors (Lipinski definition) is 1. The number of benzene rings is 10. The molecule has 0 aliphatic heterocycles. The number of hydrogen-bond donors (Lipinski definition) is 0. The van der Waals surface area contributed by atoms with E-state index in [1.54, 1.807) is 0 Å². The number of para-hydroxylation sites is 2. The van der Waals surface area contributed by atoms with Crippen LogP contribution < -0.4 is 4.90 Å². The van der Waals surface area contributed by atoms with Crippen LogP contribution in [0.2, 0.25) is 0 Å². The Morgan fingerprint density at radius 3 is 1.14 bits per heavy atom. The molecule has 65 heavy (non-hydrogen) atoms. The number of fused-ring (bicyclic) bond motifs is 6. The summed E-state index contributed by atoms with van der Waals surface area (Å²) in [6.07, 6.45) is 0. The molecule has 0 fully saturated rings. The molecule has 2 nitrogen and oxygen atoms in total. The van der Waals surface area contributed by atoms with Gasteiger partial charge < -0.3 is 9.47 Å². The summed E-state index contributed by atoms with van der Waals surface area (Å²) in [4.78, 5) is 2.35. The SMILES string of the molecule is CC1(C)c2cc(-c3ccc(N(c4ccc(-c5ccccc5)cc4)c4ccc(-c5ccccc5)cc4)cc3)ccc2-c2ccc(-c3cccc(-n4c5ccccc5c5ccccc54)c3)cc21. The van der Waals surface area contributed by atoms with E-state index >= 15 is 0 Å². The first kappa shape index (κ1) is 38.5. The van der Waals surface area contributed by atoms with E-state index in [9.17, 15) is 0 Å². The average Bonchev–Trinajstić information content (AvgIpc) is 3.83. The Bertz CT molecular complexity index is 3390. The summed E-state index contributed by atoms with van der Waals surface area (Å²) in [6, 6.07) is 88.7. The van der Waals surface area contributed by atoms with Gasteiger partial charge in [-0.25, -0.2) is 0 Å². The summed E-state index contributed by atoms with van der Waals surface area (Å²) in [5.41, 5.74) is 21.8. The minimum Gasteiger partial charge on any atom is -0.311 e. The molecule has 308 valence electrons. The van der Waals surface area contributed by atoms with Crippen molar-refractivity contribution in [2.24, 2.45) is 0 Å². The first-order valence-corrected chi connectivity index (χ1v) is 22.6. The Kier molecular flexibility index (Phi) is 9.21. The van der Waals surface area contributed by atoms with Gasteiger partial charge in [0, 0.05) is 38.9 Å². The summed E-state index contributed by atoms with van der Waals surface area (Å²) in [6.45, 7) is 4.76. The number of aromatic nitrogens is 1. The van der Waals surface area contributed by atoms with Crippen molar-refractivity contribution in [2.75, 3.05) is 4.90 Å². The van der Waals surface area contributed by atoms with Crippen LogP contribution in [0.1, 0.15) is 25.0 Å². The smallest absolute Gasteiger partial charge is 0.0541 e. The standard InChI is InChI=1S/C63H46N2/c1-63(2)59-41-49(30-38-55(59)56-39-31-50(42-60(56)63)48-18-13-19-54(40-48)65-61-22-11-9-20-57(61)58-21-10-12-23-62(58)65)47-28-36-53(37-29-47)64(51-32-24-45(25-33-51)43-14-5-3-6-15-43)52-34-26-46(27-35-52)44-16-7-4-8-17-44/h3-42H,1-2H3. The zero-order valence-corrected chi connectivity index (χ0v) is 36.5. The normalized spacial score (nSPS) is 12.6. The quantitative estimate of drug-likeness (QED) is 0.148. The van der Waals surface area contributed by atoms with Crippen LogP contribution in [-0.4, -0.2) is 4.57 Å². The molecule has 11 aromatic rings. The van der Waals surface area contributed by atoms with Crippen LogP contribution in [0.4, 0.5) is 17.1 Å². The van der Waals surface area contributed by atoms with Crippen LogP contribution in [-0.2, 0) is 5.41 Å². The molecule has 0 unspecified atom stereocenters. The van der Waals surface area contributed by atoms with Gasteiger partial charge in [0.25, 0.3) is 0 Å². The maximum absolute atomic E-state index is 2.43. The molecule has 10 aromatic carbocycles. The van der Waals surface area contributed by atoms with Gasteiger partial charge in [-0.1, -0.05) is 184 Å². The highest BCUT2D eigenvalue weighted by molar-refractivity contribution is 6.09. The predicted molar refractivity (Wildman–Crippen MR) is 275 cm³/mol. The van der Waals surface area contributed by atoms with Crippen LogP contribution in [0.3, 0.4) is 0 Å². The van der Waals surface area contributed by atoms with Crippen molar-refractivity contribution in [3.8, 4) is 61.3 Å². The van der Waals surface area contributed by atoms with Crippen molar-refractivity contribution in [1.82, 2.24) is 4.57 Å². The maximum Gasteiger partial charge on any atom is 0.0541 e. The van der Waals surface area contributed by atoms with Crippen LogP contribution >= 0.6 is 0 Å². The summed E-state index contributed by atoms with van der Waals surface area (Å²) < 4.78 is 2.40. The molecule has 2 heteroatoms. The monoisotopic (exact) mass is 830 g/mol. The van der Waals surface area contributed by atoms with E-state index < -0.39 is 0 Å². The Morgan fingerprint density at radius 1 is 0.308 bits per heavy atom. The summed E-state index contributed by atoms with van der Waals surface area (Å²) in [5.74, 6) is 0. The van der Waals surface area contributed by atoms with Gasteiger partial charge in [0.2, 0.25) is 0 Å². The second-order valence-corrected chi connectivity index (χ2v) is 17.8. The fourth-order valence-electron chi connectivity index (χ4n) is 10.2. The third-order valence-electron chi connectivity index (χ3n) is 13.6. The largest absolute Gasteiger partial charge is 0.311 e. The van der Waals surface area contributed by atoms with Crippen LogP contribution in [0.15, 0.2) is 243 Å². The molecule has 0 saturated carbocycles. The average molecular weight is 831 g/mol. The van der Waals surface area contributed by atoms with Crippen LogP contribution in [0.25, 0.3) is 83.1 Å². The molecule has 1 aliphatic carbocycles. The third kappa shape index (κ3) is 6.65. The Morgan fingerprint density at radius 2 is 0.662 bits per heavy atom. The van der Waals surface area contributed by atoms with E-state index in [1.807, 2.05) is 0 Å². The van der Waals surface area contributed by atoms with Gasteiger partial charge in [0.15, 0.2) is 0 Å². The molecular formula is C63H46N2. The zero-order chi connectivity index (χ0) is 43.5. The highest BCUT2D eigenvalue weighted by Crippen LogP contribution is 2.51. The van der Waals surface area contributed by atoms with Gasteiger partial charge in [-0.05, 0) is 140 Å². The highest BCUT2D eigenvalue weighted by Gasteiger charge is 2.36. The maximum atomic E-state index is 2.43. The summed E-state index contributed by atoms with van der Waals surface area (Å²) in [5, 5.41) is 2.55. The van der Waals surface area contributed by atoms with Gasteiger partial charge in [-0.3, -0.25) is 0 Å². The van der Waals surface area contributed by atoms with E-state index in [-0.39, 0.29) is 5.41 Å². The molecule has 12 rings (SSSR count). The lowest BCUT2D eigenvalue weighted by molar-refractivity contribution is 0.661. The zero-order valence-electron chi connectivity index (χ0n) is 36.5. The van der Waals surface area contributed by atoms with Crippen molar-refractivity contribution in [1.29, 1.82) is 0 Å². The number of nitrogens with zero attached hydrogens (tertiary/aromatic N) is 2. The lowest BCUT2D eigenvalue weighted by atomic mass is 9.81. The van der Waals surface area contributed by atoms with Crippen molar-refractivity contribution in [2.45, 2.75) is 19.3 Å². The van der Waals surface area contributed by atoms with E-state index in [1.165, 1.54) is 94.3 Å². The minimum atomic E-state index is -0.171. The molecule has 1 aliphatic rings. The van der Waals surface area contributed by atoms with Crippen molar-refractivity contribution in [3.63, 3.8) is 0 Å². The predicted octanol–water partition coefficient (Wildman–Crippen LogP) is 17.2. The Labute approximate surface area is 381 Å². The molecule has 0 amide bonds. The first-order chi connectivity index (χ1) is 32.0. The highest BCUT2D eigenvalue weighted by atomic mass is 15.1. The van der Waals surface area contributed by atoms with Gasteiger partial charge >= 0.3 is 0 Å². The summed E-state index contributed by atoms with van der Waals surface area (Å²) >= 11 is 0. The molecule has 0 bridgehead atoms. The van der Waals surface area contributed by atoms with Gasteiger partial charge in [0.1, 0.15) is 0 Å². The fourth-order valence-corrected chi connectivity index (χ4v) is 10.2. The second-order valence-electron chi connectivity index (χ2n) is 17.8. The first-order valence-electron chi connectivity index (χ1n) is 22.6. The fraction of sp³-hybridized carbons (Fsp3) is 0.0476. The van der Waals surface area contributed by atoms with E-state index in [4.69, 9.17) is 0 Å². The molecule has 0 saturated heterocycles. The van der Waals surface area contributed by atoms with E-state index in [0.717, 1.165) is 17.1 Å². The van der Waals surface area contributed by atoms with Gasteiger partial charge in [-0.2, -0.15) is 0 Å². The van der Waals surface area contributed by atoms with Crippen LogP contribution in [0.5, 0.6) is 0 Å². The molecule has 0 spiro atoms.